The van der Waals surface area contributed by atoms with Crippen LogP contribution in [0.3, 0.4) is 0 Å². The van der Waals surface area contributed by atoms with Gasteiger partial charge in [-0.25, -0.2) is 8.78 Å². The Morgan fingerprint density at radius 2 is 1.89 bits per heavy atom. The highest BCUT2D eigenvalue weighted by molar-refractivity contribution is 5.82. The van der Waals surface area contributed by atoms with Crippen LogP contribution in [0.1, 0.15) is 25.0 Å². The predicted octanol–water partition coefficient (Wildman–Crippen LogP) is 3.07. The number of benzene rings is 1. The van der Waals surface area contributed by atoms with Gasteiger partial charge in [0.2, 0.25) is 0 Å². The van der Waals surface area contributed by atoms with Crippen LogP contribution in [0.15, 0.2) is 29.1 Å². The first kappa shape index (κ1) is 12.1. The van der Waals surface area contributed by atoms with Gasteiger partial charge in [-0.1, -0.05) is 0 Å². The normalized spacial score (nSPS) is 15.6. The van der Waals surface area contributed by atoms with Gasteiger partial charge in [-0.2, -0.15) is 0 Å². The molecule has 3 nitrogen and oxygen atoms in total. The molecule has 0 saturated carbocycles. The van der Waals surface area contributed by atoms with Crippen molar-refractivity contribution in [3.8, 4) is 0 Å². The molecule has 0 bridgehead atoms. The van der Waals surface area contributed by atoms with Crippen molar-refractivity contribution in [2.75, 3.05) is 18.0 Å². The highest BCUT2D eigenvalue weighted by Crippen LogP contribution is 2.24. The second-order valence-electron chi connectivity index (χ2n) is 4.81. The zero-order valence-corrected chi connectivity index (χ0v) is 10.3. The van der Waals surface area contributed by atoms with Crippen LogP contribution in [0.4, 0.5) is 14.5 Å². The maximum Gasteiger partial charge on any atom is 0.278 e. The second kappa shape index (κ2) is 4.64. The molecule has 1 aliphatic rings. The number of nitrogens with one attached hydrogen (secondary N) is 1. The van der Waals surface area contributed by atoms with Crippen LogP contribution < -0.4 is 10.3 Å². The third-order valence-electron chi connectivity index (χ3n) is 3.54. The van der Waals surface area contributed by atoms with Gasteiger partial charge in [-0.15, -0.1) is 0 Å². The first-order valence-electron chi connectivity index (χ1n) is 6.35. The van der Waals surface area contributed by atoms with E-state index in [-0.39, 0.29) is 11.1 Å². The van der Waals surface area contributed by atoms with Gasteiger partial charge in [0.1, 0.15) is 0 Å². The lowest BCUT2D eigenvalue weighted by molar-refractivity contribution is 0.146. The average molecular weight is 264 g/mol. The van der Waals surface area contributed by atoms with Crippen LogP contribution in [0.25, 0.3) is 10.9 Å². The Hall–Kier alpha value is -1.91. The summed E-state index contributed by atoms with van der Waals surface area (Å²) in [5.74, 6) is 0. The fourth-order valence-corrected chi connectivity index (χ4v) is 2.55. The number of fused-ring (bicyclic) bond motifs is 1. The monoisotopic (exact) mass is 264 g/mol. The molecule has 1 aromatic heterocycles. The topological polar surface area (TPSA) is 36.1 Å². The first-order valence-corrected chi connectivity index (χ1v) is 6.35. The minimum atomic E-state index is -2.66. The summed E-state index contributed by atoms with van der Waals surface area (Å²) >= 11 is 0. The van der Waals surface area contributed by atoms with E-state index in [1.807, 2.05) is 6.07 Å². The largest absolute Gasteiger partial charge is 0.372 e. The molecule has 1 fully saturated rings. The third kappa shape index (κ3) is 2.20. The standard InChI is InChI=1S/C14H14F2N2O/c15-14(16)12-8-13(19)10-7-9(3-4-11(10)17-12)18-5-1-2-6-18/h3-4,7-8,14H,1-2,5-6H2,(H,17,19). The van der Waals surface area contributed by atoms with Crippen molar-refractivity contribution in [3.63, 3.8) is 0 Å². The van der Waals surface area contributed by atoms with Crippen LogP contribution in [-0.4, -0.2) is 18.1 Å². The molecular formula is C14H14F2N2O. The molecule has 0 radical (unpaired) electrons. The Balaban J connectivity index is 2.10. The number of hydrogen-bond acceptors (Lipinski definition) is 2. The van der Waals surface area contributed by atoms with E-state index in [0.717, 1.165) is 37.7 Å². The number of rotatable bonds is 2. The Morgan fingerprint density at radius 1 is 1.16 bits per heavy atom. The summed E-state index contributed by atoms with van der Waals surface area (Å²) in [4.78, 5) is 16.7. The van der Waals surface area contributed by atoms with Crippen molar-refractivity contribution >= 4 is 16.6 Å². The molecule has 100 valence electrons. The lowest BCUT2D eigenvalue weighted by Gasteiger charge is -2.17. The van der Waals surface area contributed by atoms with Crippen LogP contribution in [0.5, 0.6) is 0 Å². The summed E-state index contributed by atoms with van der Waals surface area (Å²) in [6, 6.07) is 6.35. The number of hydrogen-bond donors (Lipinski definition) is 1. The van der Waals surface area contributed by atoms with Crippen molar-refractivity contribution < 1.29 is 8.78 Å². The summed E-state index contributed by atoms with van der Waals surface area (Å²) in [7, 11) is 0. The van der Waals surface area contributed by atoms with E-state index in [1.165, 1.54) is 0 Å². The molecule has 3 rings (SSSR count). The molecule has 5 heteroatoms. The zero-order valence-electron chi connectivity index (χ0n) is 10.3. The van der Waals surface area contributed by atoms with Gasteiger partial charge in [-0.05, 0) is 31.0 Å². The summed E-state index contributed by atoms with van der Waals surface area (Å²) in [6.45, 7) is 1.97. The molecule has 1 N–H and O–H groups in total. The SMILES string of the molecule is O=c1cc(C(F)F)[nH]c2ccc(N3CCCC3)cc12. The Morgan fingerprint density at radius 3 is 2.58 bits per heavy atom. The number of H-pyrrole nitrogens is 1. The fourth-order valence-electron chi connectivity index (χ4n) is 2.55. The molecule has 1 saturated heterocycles. The molecule has 0 amide bonds. The van der Waals surface area contributed by atoms with Crippen molar-refractivity contribution in [2.24, 2.45) is 0 Å². The van der Waals surface area contributed by atoms with Gasteiger partial charge in [-0.3, -0.25) is 4.79 Å². The van der Waals surface area contributed by atoms with Crippen LogP contribution in [-0.2, 0) is 0 Å². The van der Waals surface area contributed by atoms with Crippen molar-refractivity contribution in [1.82, 2.24) is 4.98 Å². The average Bonchev–Trinajstić information content (AvgIpc) is 2.92. The molecule has 0 aliphatic carbocycles. The highest BCUT2D eigenvalue weighted by atomic mass is 19.3. The van der Waals surface area contributed by atoms with E-state index in [4.69, 9.17) is 0 Å². The van der Waals surface area contributed by atoms with Gasteiger partial charge in [0, 0.05) is 35.7 Å². The number of anilines is 1. The van der Waals surface area contributed by atoms with Crippen LogP contribution in [0, 0.1) is 0 Å². The lowest BCUT2D eigenvalue weighted by atomic mass is 10.1. The van der Waals surface area contributed by atoms with Gasteiger partial charge in [0.15, 0.2) is 5.43 Å². The summed E-state index contributed by atoms with van der Waals surface area (Å²) in [5.41, 5.74) is 0.766. The van der Waals surface area contributed by atoms with E-state index in [2.05, 4.69) is 9.88 Å². The first-order chi connectivity index (χ1) is 9.15. The van der Waals surface area contributed by atoms with Gasteiger partial charge < -0.3 is 9.88 Å². The van der Waals surface area contributed by atoms with E-state index < -0.39 is 6.43 Å². The highest BCUT2D eigenvalue weighted by Gasteiger charge is 2.15. The van der Waals surface area contributed by atoms with Gasteiger partial charge in [0.05, 0.1) is 5.69 Å². The molecule has 1 aliphatic heterocycles. The fraction of sp³-hybridized carbons (Fsp3) is 0.357. The Kier molecular flexibility index (Phi) is 2.97. The van der Waals surface area contributed by atoms with Crippen LogP contribution in [0.2, 0.25) is 0 Å². The quantitative estimate of drug-likeness (QED) is 0.905. The Labute approximate surface area is 108 Å². The molecule has 0 atom stereocenters. The predicted molar refractivity (Wildman–Crippen MR) is 71.0 cm³/mol. The second-order valence-corrected chi connectivity index (χ2v) is 4.81. The number of alkyl halides is 2. The van der Waals surface area contributed by atoms with Gasteiger partial charge in [0.25, 0.3) is 6.43 Å². The maximum absolute atomic E-state index is 12.6. The van der Waals surface area contributed by atoms with Crippen LogP contribution >= 0.6 is 0 Å². The number of halogens is 2. The molecule has 2 heterocycles. The summed E-state index contributed by atoms with van der Waals surface area (Å²) < 4.78 is 25.2. The van der Waals surface area contributed by atoms with Crippen molar-refractivity contribution in [1.29, 1.82) is 0 Å². The van der Waals surface area contributed by atoms with Gasteiger partial charge >= 0.3 is 0 Å². The molecule has 0 unspecified atom stereocenters. The third-order valence-corrected chi connectivity index (χ3v) is 3.54. The van der Waals surface area contributed by atoms with E-state index in [1.54, 1.807) is 12.1 Å². The number of pyridine rings is 1. The van der Waals surface area contributed by atoms with E-state index in [9.17, 15) is 13.6 Å². The number of nitrogens with zero attached hydrogens (tertiary/aromatic N) is 1. The summed E-state index contributed by atoms with van der Waals surface area (Å²) in [5, 5.41) is 0.466. The van der Waals surface area contributed by atoms with E-state index in [0.29, 0.717) is 10.9 Å². The minimum absolute atomic E-state index is 0.327. The smallest absolute Gasteiger partial charge is 0.278 e. The minimum Gasteiger partial charge on any atom is -0.372 e. The molecular weight excluding hydrogens is 250 g/mol. The molecule has 0 spiro atoms. The zero-order chi connectivity index (χ0) is 13.4. The molecule has 2 aromatic rings. The van der Waals surface area contributed by atoms with Crippen molar-refractivity contribution in [3.05, 3.63) is 40.2 Å². The maximum atomic E-state index is 12.6. The van der Waals surface area contributed by atoms with E-state index >= 15 is 0 Å². The lowest BCUT2D eigenvalue weighted by Crippen LogP contribution is -2.18. The molecule has 19 heavy (non-hydrogen) atoms. The number of aromatic nitrogens is 1. The molecule has 1 aromatic carbocycles. The number of aromatic amines is 1. The Bertz CT molecular complexity index is 660. The summed E-state index contributed by atoms with van der Waals surface area (Å²) in [6.07, 6.45) is -0.354. The van der Waals surface area contributed by atoms with Crippen molar-refractivity contribution in [2.45, 2.75) is 19.3 Å².